The van der Waals surface area contributed by atoms with Crippen LogP contribution in [0.5, 0.6) is 0 Å². The summed E-state index contributed by atoms with van der Waals surface area (Å²) in [5, 5.41) is 19.9. The summed E-state index contributed by atoms with van der Waals surface area (Å²) in [6, 6.07) is 2.13. The van der Waals surface area contributed by atoms with Crippen molar-refractivity contribution in [2.75, 3.05) is 6.54 Å². The van der Waals surface area contributed by atoms with Crippen molar-refractivity contribution in [1.82, 2.24) is 15.5 Å². The number of hydrogen-bond acceptors (Lipinski definition) is 3. The summed E-state index contributed by atoms with van der Waals surface area (Å²) >= 11 is 0. The summed E-state index contributed by atoms with van der Waals surface area (Å²) < 4.78 is 0. The van der Waals surface area contributed by atoms with E-state index in [4.69, 9.17) is 0 Å². The number of aliphatic hydroxyl groups excluding tert-OH is 1. The van der Waals surface area contributed by atoms with Gasteiger partial charge in [-0.3, -0.25) is 5.10 Å². The second-order valence-corrected chi connectivity index (χ2v) is 5.56. The van der Waals surface area contributed by atoms with Crippen LogP contribution in [0.15, 0.2) is 12.3 Å². The topological polar surface area (TPSA) is 60.9 Å². The average Bonchev–Trinajstić information content (AvgIpc) is 2.64. The molecule has 1 aromatic rings. The van der Waals surface area contributed by atoms with Gasteiger partial charge in [0, 0.05) is 18.8 Å². The molecule has 0 saturated heterocycles. The van der Waals surface area contributed by atoms with Crippen molar-refractivity contribution >= 4 is 0 Å². The molecule has 92 valence electrons. The number of nitrogens with zero attached hydrogens (tertiary/aromatic N) is 1. The lowest BCUT2D eigenvalue weighted by atomic mass is 9.89. The quantitative estimate of drug-likeness (QED) is 0.717. The molecule has 0 saturated carbocycles. The number of H-pyrrole nitrogens is 1. The zero-order valence-corrected chi connectivity index (χ0v) is 10.6. The molecule has 0 aliphatic carbocycles. The summed E-state index contributed by atoms with van der Waals surface area (Å²) in [6.45, 7) is 9.06. The van der Waals surface area contributed by atoms with Gasteiger partial charge in [0.25, 0.3) is 0 Å². The van der Waals surface area contributed by atoms with Crippen LogP contribution in [0.3, 0.4) is 0 Å². The summed E-state index contributed by atoms with van der Waals surface area (Å²) in [4.78, 5) is 0. The van der Waals surface area contributed by atoms with Crippen molar-refractivity contribution in [3.05, 3.63) is 18.0 Å². The van der Waals surface area contributed by atoms with Gasteiger partial charge in [0.05, 0.1) is 11.8 Å². The predicted octanol–water partition coefficient (Wildman–Crippen LogP) is 1.86. The van der Waals surface area contributed by atoms with Crippen LogP contribution in [0.4, 0.5) is 0 Å². The highest BCUT2D eigenvalue weighted by atomic mass is 16.3. The Hall–Kier alpha value is -0.870. The molecule has 0 aliphatic heterocycles. The third-order valence-electron chi connectivity index (χ3n) is 2.50. The Morgan fingerprint density at radius 2 is 2.19 bits per heavy atom. The van der Waals surface area contributed by atoms with Gasteiger partial charge in [-0.2, -0.15) is 5.10 Å². The van der Waals surface area contributed by atoms with E-state index in [1.165, 1.54) is 0 Å². The Kier molecular flexibility index (Phi) is 4.50. The van der Waals surface area contributed by atoms with E-state index in [0.29, 0.717) is 6.54 Å². The summed E-state index contributed by atoms with van der Waals surface area (Å²) in [7, 11) is 0. The zero-order valence-electron chi connectivity index (χ0n) is 10.6. The van der Waals surface area contributed by atoms with Crippen LogP contribution >= 0.6 is 0 Å². The number of aliphatic hydroxyl groups is 1. The number of rotatable bonds is 5. The fraction of sp³-hybridized carbons (Fsp3) is 0.750. The van der Waals surface area contributed by atoms with Crippen molar-refractivity contribution in [3.63, 3.8) is 0 Å². The molecule has 4 heteroatoms. The highest BCUT2D eigenvalue weighted by Gasteiger charge is 2.17. The Balaban J connectivity index is 2.29. The average molecular weight is 225 g/mol. The van der Waals surface area contributed by atoms with E-state index in [1.54, 1.807) is 6.20 Å². The Morgan fingerprint density at radius 3 is 2.69 bits per heavy atom. The van der Waals surface area contributed by atoms with E-state index in [0.717, 1.165) is 12.1 Å². The Morgan fingerprint density at radius 1 is 1.50 bits per heavy atom. The standard InChI is InChI=1S/C12H23N3O/c1-9(11-5-6-14-15-11)13-8-10(16)7-12(2,3)4/h5-6,9-10,13,16H,7-8H2,1-4H3,(H,14,15). The third-order valence-corrected chi connectivity index (χ3v) is 2.50. The van der Waals surface area contributed by atoms with Crippen LogP contribution < -0.4 is 5.32 Å². The maximum atomic E-state index is 9.84. The van der Waals surface area contributed by atoms with E-state index in [9.17, 15) is 5.11 Å². The van der Waals surface area contributed by atoms with E-state index in [2.05, 4.69) is 43.2 Å². The smallest absolute Gasteiger partial charge is 0.0669 e. The van der Waals surface area contributed by atoms with Crippen molar-refractivity contribution in [3.8, 4) is 0 Å². The highest BCUT2D eigenvalue weighted by Crippen LogP contribution is 2.20. The molecule has 3 N–H and O–H groups in total. The molecule has 0 aromatic carbocycles. The molecule has 16 heavy (non-hydrogen) atoms. The second-order valence-electron chi connectivity index (χ2n) is 5.56. The van der Waals surface area contributed by atoms with Gasteiger partial charge in [-0.05, 0) is 24.8 Å². The van der Waals surface area contributed by atoms with Crippen LogP contribution in [0.25, 0.3) is 0 Å². The third kappa shape index (κ3) is 4.77. The van der Waals surface area contributed by atoms with Gasteiger partial charge < -0.3 is 10.4 Å². The van der Waals surface area contributed by atoms with Gasteiger partial charge >= 0.3 is 0 Å². The van der Waals surface area contributed by atoms with Gasteiger partial charge in [0.15, 0.2) is 0 Å². The van der Waals surface area contributed by atoms with Crippen LogP contribution in [0, 0.1) is 5.41 Å². The highest BCUT2D eigenvalue weighted by molar-refractivity contribution is 5.02. The maximum Gasteiger partial charge on any atom is 0.0669 e. The van der Waals surface area contributed by atoms with Crippen LogP contribution in [-0.4, -0.2) is 28.0 Å². The first kappa shape index (κ1) is 13.2. The number of aromatic amines is 1. The molecule has 1 rings (SSSR count). The molecule has 0 radical (unpaired) electrons. The molecular weight excluding hydrogens is 202 g/mol. The zero-order chi connectivity index (χ0) is 12.2. The SMILES string of the molecule is CC(NCC(O)CC(C)(C)C)c1ccn[nH]1. The molecule has 2 unspecified atom stereocenters. The van der Waals surface area contributed by atoms with Gasteiger partial charge in [-0.25, -0.2) is 0 Å². The molecule has 0 spiro atoms. The van der Waals surface area contributed by atoms with Gasteiger partial charge in [-0.15, -0.1) is 0 Å². The summed E-state index contributed by atoms with van der Waals surface area (Å²) in [5.41, 5.74) is 1.21. The molecule has 0 amide bonds. The summed E-state index contributed by atoms with van der Waals surface area (Å²) in [5.74, 6) is 0. The van der Waals surface area contributed by atoms with Crippen molar-refractivity contribution < 1.29 is 5.11 Å². The lowest BCUT2D eigenvalue weighted by Crippen LogP contribution is -2.31. The van der Waals surface area contributed by atoms with Gasteiger partial charge in [0.1, 0.15) is 0 Å². The molecule has 4 nitrogen and oxygen atoms in total. The lowest BCUT2D eigenvalue weighted by Gasteiger charge is -2.23. The van der Waals surface area contributed by atoms with Crippen molar-refractivity contribution in [2.24, 2.45) is 5.41 Å². The number of nitrogens with one attached hydrogen (secondary N) is 2. The first-order chi connectivity index (χ1) is 7.38. The first-order valence-corrected chi connectivity index (χ1v) is 5.79. The minimum atomic E-state index is -0.301. The predicted molar refractivity (Wildman–Crippen MR) is 65.1 cm³/mol. The van der Waals surface area contributed by atoms with E-state index in [-0.39, 0.29) is 17.6 Å². The Bertz CT molecular complexity index is 290. The Labute approximate surface area is 97.5 Å². The molecule has 1 aromatic heterocycles. The summed E-state index contributed by atoms with van der Waals surface area (Å²) in [6.07, 6.45) is 2.24. The van der Waals surface area contributed by atoms with E-state index in [1.807, 2.05) is 6.07 Å². The van der Waals surface area contributed by atoms with E-state index < -0.39 is 0 Å². The fourth-order valence-electron chi connectivity index (χ4n) is 1.71. The largest absolute Gasteiger partial charge is 0.392 e. The maximum absolute atomic E-state index is 9.84. The van der Waals surface area contributed by atoms with Gasteiger partial charge in [0.2, 0.25) is 0 Å². The normalized spacial score (nSPS) is 16.1. The fourth-order valence-corrected chi connectivity index (χ4v) is 1.71. The number of aromatic nitrogens is 2. The monoisotopic (exact) mass is 225 g/mol. The molecule has 0 bridgehead atoms. The number of hydrogen-bond donors (Lipinski definition) is 3. The molecule has 1 heterocycles. The molecular formula is C12H23N3O. The van der Waals surface area contributed by atoms with Gasteiger partial charge in [-0.1, -0.05) is 20.8 Å². The van der Waals surface area contributed by atoms with E-state index >= 15 is 0 Å². The molecule has 0 fully saturated rings. The second kappa shape index (κ2) is 5.46. The minimum absolute atomic E-state index is 0.165. The first-order valence-electron chi connectivity index (χ1n) is 5.79. The van der Waals surface area contributed by atoms with Crippen molar-refractivity contribution in [2.45, 2.75) is 46.3 Å². The van der Waals surface area contributed by atoms with Crippen LogP contribution in [-0.2, 0) is 0 Å². The lowest BCUT2D eigenvalue weighted by molar-refractivity contribution is 0.117. The van der Waals surface area contributed by atoms with Crippen LogP contribution in [0.2, 0.25) is 0 Å². The van der Waals surface area contributed by atoms with Crippen molar-refractivity contribution in [1.29, 1.82) is 0 Å². The van der Waals surface area contributed by atoms with Crippen LogP contribution in [0.1, 0.15) is 45.9 Å². The molecule has 2 atom stereocenters. The minimum Gasteiger partial charge on any atom is -0.392 e. The molecule has 0 aliphatic rings.